The van der Waals surface area contributed by atoms with E-state index in [1.54, 1.807) is 0 Å². The van der Waals surface area contributed by atoms with Crippen molar-refractivity contribution in [3.8, 4) is 0 Å². The zero-order valence-corrected chi connectivity index (χ0v) is 10.6. The van der Waals surface area contributed by atoms with Crippen LogP contribution in [0.5, 0.6) is 0 Å². The van der Waals surface area contributed by atoms with E-state index in [0.717, 1.165) is 24.4 Å². The molecule has 1 aliphatic carbocycles. The topological polar surface area (TPSA) is 29.3 Å². The van der Waals surface area contributed by atoms with Crippen LogP contribution in [0, 0.1) is 11.8 Å². The second-order valence-corrected chi connectivity index (χ2v) is 6.35. The molecule has 0 aromatic heterocycles. The lowest BCUT2D eigenvalue weighted by molar-refractivity contribution is 0.0949. The molecule has 0 aromatic carbocycles. The highest BCUT2D eigenvalue weighted by Gasteiger charge is 2.32. The Morgan fingerprint density at radius 3 is 2.67 bits per heavy atom. The van der Waals surface area contributed by atoms with Crippen LogP contribution in [0.3, 0.4) is 0 Å². The van der Waals surface area contributed by atoms with Gasteiger partial charge in [-0.2, -0.15) is 11.8 Å². The molecule has 0 amide bonds. The Hall–Kier alpha value is 0.270. The van der Waals surface area contributed by atoms with Crippen molar-refractivity contribution in [3.05, 3.63) is 0 Å². The second kappa shape index (κ2) is 5.55. The first-order chi connectivity index (χ1) is 7.31. The molecule has 1 heterocycles. The summed E-state index contributed by atoms with van der Waals surface area (Å²) in [4.78, 5) is 2.71. The number of nitrogens with zero attached hydrogens (tertiary/aromatic N) is 1. The Balaban J connectivity index is 1.95. The Kier molecular flexibility index (Phi) is 4.35. The summed E-state index contributed by atoms with van der Waals surface area (Å²) in [5, 5.41) is 0. The number of hydrogen-bond donors (Lipinski definition) is 1. The van der Waals surface area contributed by atoms with Crippen LogP contribution in [-0.2, 0) is 0 Å². The van der Waals surface area contributed by atoms with Crippen molar-refractivity contribution >= 4 is 11.8 Å². The Morgan fingerprint density at radius 2 is 2.00 bits per heavy atom. The van der Waals surface area contributed by atoms with Gasteiger partial charge in [0.15, 0.2) is 0 Å². The van der Waals surface area contributed by atoms with E-state index in [1.807, 2.05) is 0 Å². The minimum Gasteiger partial charge on any atom is -0.330 e. The molecule has 3 unspecified atom stereocenters. The predicted octanol–water partition coefficient (Wildman–Crippen LogP) is 1.80. The zero-order chi connectivity index (χ0) is 10.7. The summed E-state index contributed by atoms with van der Waals surface area (Å²) >= 11 is 2.10. The summed E-state index contributed by atoms with van der Waals surface area (Å²) in [6.07, 6.45) is 4.12. The van der Waals surface area contributed by atoms with Gasteiger partial charge in [0, 0.05) is 30.6 Å². The average molecular weight is 228 g/mol. The normalized spacial score (nSPS) is 39.2. The van der Waals surface area contributed by atoms with Gasteiger partial charge in [0.2, 0.25) is 0 Å². The fourth-order valence-electron chi connectivity index (χ4n) is 3.04. The standard InChI is InChI=1S/C12H24N2S/c1-10-2-3-11(9-13)12(8-10)14-4-6-15-7-5-14/h10-12H,2-9,13H2,1H3. The van der Waals surface area contributed by atoms with Gasteiger partial charge in [0.1, 0.15) is 0 Å². The largest absolute Gasteiger partial charge is 0.330 e. The second-order valence-electron chi connectivity index (χ2n) is 5.13. The van der Waals surface area contributed by atoms with E-state index in [1.165, 1.54) is 43.9 Å². The summed E-state index contributed by atoms with van der Waals surface area (Å²) in [6, 6.07) is 0.791. The Labute approximate surface area is 98.0 Å². The third kappa shape index (κ3) is 2.89. The maximum absolute atomic E-state index is 5.91. The van der Waals surface area contributed by atoms with Gasteiger partial charge < -0.3 is 5.73 Å². The van der Waals surface area contributed by atoms with E-state index in [9.17, 15) is 0 Å². The van der Waals surface area contributed by atoms with Gasteiger partial charge in [-0.3, -0.25) is 4.90 Å². The van der Waals surface area contributed by atoms with Crippen LogP contribution in [0.2, 0.25) is 0 Å². The number of rotatable bonds is 2. The first-order valence-corrected chi connectivity index (χ1v) is 7.48. The quantitative estimate of drug-likeness (QED) is 0.781. The van der Waals surface area contributed by atoms with E-state index in [-0.39, 0.29) is 0 Å². The van der Waals surface area contributed by atoms with Crippen molar-refractivity contribution in [1.29, 1.82) is 0 Å². The molecule has 3 atom stereocenters. The molecule has 0 aromatic rings. The van der Waals surface area contributed by atoms with Crippen LogP contribution >= 0.6 is 11.8 Å². The smallest absolute Gasteiger partial charge is 0.0139 e. The highest BCUT2D eigenvalue weighted by molar-refractivity contribution is 7.99. The van der Waals surface area contributed by atoms with E-state index in [2.05, 4.69) is 23.6 Å². The molecule has 0 bridgehead atoms. The number of thioether (sulfide) groups is 1. The molecule has 1 saturated carbocycles. The van der Waals surface area contributed by atoms with Crippen LogP contribution in [-0.4, -0.2) is 42.1 Å². The number of nitrogens with two attached hydrogens (primary N) is 1. The van der Waals surface area contributed by atoms with Crippen molar-refractivity contribution in [2.24, 2.45) is 17.6 Å². The first kappa shape index (κ1) is 11.7. The zero-order valence-electron chi connectivity index (χ0n) is 9.82. The van der Waals surface area contributed by atoms with Gasteiger partial charge in [-0.15, -0.1) is 0 Å². The Bertz CT molecular complexity index is 192. The predicted molar refractivity (Wildman–Crippen MR) is 68.2 cm³/mol. The molecular formula is C12H24N2S. The highest BCUT2D eigenvalue weighted by atomic mass is 32.2. The molecule has 3 heteroatoms. The monoisotopic (exact) mass is 228 g/mol. The van der Waals surface area contributed by atoms with E-state index in [4.69, 9.17) is 5.73 Å². The van der Waals surface area contributed by atoms with Crippen molar-refractivity contribution < 1.29 is 0 Å². The van der Waals surface area contributed by atoms with Crippen molar-refractivity contribution in [2.45, 2.75) is 32.2 Å². The van der Waals surface area contributed by atoms with Crippen molar-refractivity contribution in [3.63, 3.8) is 0 Å². The van der Waals surface area contributed by atoms with Crippen LogP contribution in [0.15, 0.2) is 0 Å². The van der Waals surface area contributed by atoms with Crippen molar-refractivity contribution in [1.82, 2.24) is 4.90 Å². The fraction of sp³-hybridized carbons (Fsp3) is 1.00. The maximum Gasteiger partial charge on any atom is 0.0139 e. The molecule has 2 N–H and O–H groups in total. The minimum absolute atomic E-state index is 0.768. The summed E-state index contributed by atoms with van der Waals surface area (Å²) in [5.74, 6) is 4.32. The van der Waals surface area contributed by atoms with Crippen LogP contribution in [0.1, 0.15) is 26.2 Å². The average Bonchev–Trinajstić information content (AvgIpc) is 2.30. The molecule has 2 nitrogen and oxygen atoms in total. The van der Waals surface area contributed by atoms with Gasteiger partial charge in [0.25, 0.3) is 0 Å². The first-order valence-electron chi connectivity index (χ1n) is 6.33. The molecule has 0 spiro atoms. The molecule has 2 aliphatic rings. The summed E-state index contributed by atoms with van der Waals surface area (Å²) < 4.78 is 0. The van der Waals surface area contributed by atoms with Crippen LogP contribution < -0.4 is 5.73 Å². The third-order valence-electron chi connectivity index (χ3n) is 4.04. The van der Waals surface area contributed by atoms with Crippen molar-refractivity contribution in [2.75, 3.05) is 31.1 Å². The fourth-order valence-corrected chi connectivity index (χ4v) is 3.98. The van der Waals surface area contributed by atoms with Gasteiger partial charge >= 0.3 is 0 Å². The summed E-state index contributed by atoms with van der Waals surface area (Å²) in [6.45, 7) is 5.87. The van der Waals surface area contributed by atoms with E-state index in [0.29, 0.717) is 0 Å². The van der Waals surface area contributed by atoms with Crippen LogP contribution in [0.25, 0.3) is 0 Å². The molecule has 0 radical (unpaired) electrons. The molecule has 2 fully saturated rings. The molecule has 1 aliphatic heterocycles. The molecule has 88 valence electrons. The Morgan fingerprint density at radius 1 is 1.27 bits per heavy atom. The van der Waals surface area contributed by atoms with Gasteiger partial charge in [-0.1, -0.05) is 13.3 Å². The molecule has 2 rings (SSSR count). The maximum atomic E-state index is 5.91. The SMILES string of the molecule is CC1CCC(CN)C(N2CCSCC2)C1. The molecular weight excluding hydrogens is 204 g/mol. The lowest BCUT2D eigenvalue weighted by Crippen LogP contribution is -2.49. The van der Waals surface area contributed by atoms with Gasteiger partial charge in [-0.25, -0.2) is 0 Å². The summed E-state index contributed by atoms with van der Waals surface area (Å²) in [5.41, 5.74) is 5.91. The third-order valence-corrected chi connectivity index (χ3v) is 4.98. The number of hydrogen-bond acceptors (Lipinski definition) is 3. The van der Waals surface area contributed by atoms with E-state index >= 15 is 0 Å². The highest BCUT2D eigenvalue weighted by Crippen LogP contribution is 2.32. The van der Waals surface area contributed by atoms with Crippen LogP contribution in [0.4, 0.5) is 0 Å². The van der Waals surface area contributed by atoms with E-state index < -0.39 is 0 Å². The van der Waals surface area contributed by atoms with Gasteiger partial charge in [-0.05, 0) is 31.2 Å². The lowest BCUT2D eigenvalue weighted by Gasteiger charge is -2.43. The summed E-state index contributed by atoms with van der Waals surface area (Å²) in [7, 11) is 0. The molecule has 1 saturated heterocycles. The van der Waals surface area contributed by atoms with Gasteiger partial charge in [0.05, 0.1) is 0 Å². The minimum atomic E-state index is 0.768. The lowest BCUT2D eigenvalue weighted by atomic mass is 9.78. The molecule has 15 heavy (non-hydrogen) atoms.